The molecule has 0 fully saturated rings. The highest BCUT2D eigenvalue weighted by Gasteiger charge is 2.25. The minimum absolute atomic E-state index is 0.254. The molecule has 0 radical (unpaired) electrons. The number of carbonyl (C=O) groups excluding carboxylic acids is 5. The van der Waals surface area contributed by atoms with Crippen molar-refractivity contribution in [3.63, 3.8) is 0 Å². The molecule has 4 rings (SSSR count). The van der Waals surface area contributed by atoms with E-state index in [1.807, 2.05) is 0 Å². The van der Waals surface area contributed by atoms with Gasteiger partial charge in [-0.3, -0.25) is 9.59 Å². The van der Waals surface area contributed by atoms with Gasteiger partial charge in [-0.05, 0) is 73.5 Å². The summed E-state index contributed by atoms with van der Waals surface area (Å²) in [7, 11) is 0. The van der Waals surface area contributed by atoms with Gasteiger partial charge in [0, 0.05) is 31.1 Å². The molecule has 0 N–H and O–H groups in total. The van der Waals surface area contributed by atoms with Gasteiger partial charge >= 0.3 is 17.9 Å². The van der Waals surface area contributed by atoms with Gasteiger partial charge in [0.05, 0.1) is 30.0 Å². The molecule has 0 aromatic heterocycles. The molecule has 10 nitrogen and oxygen atoms in total. The zero-order valence-corrected chi connectivity index (χ0v) is 22.1. The Balaban J connectivity index is 1.22. The van der Waals surface area contributed by atoms with E-state index in [2.05, 4.69) is 6.58 Å². The summed E-state index contributed by atoms with van der Waals surface area (Å²) in [5.74, 6) is -1.01. The van der Waals surface area contributed by atoms with Crippen LogP contribution in [0, 0.1) is 0 Å². The number of unbranched alkanes of at least 4 members (excludes halogenated alkanes) is 1. The number of nitrogens with zero attached hydrogens (tertiary/aromatic N) is 1. The Labute approximate surface area is 236 Å². The number of rotatable bonds is 12. The molecule has 0 unspecified atom stereocenters. The van der Waals surface area contributed by atoms with E-state index in [4.69, 9.17) is 18.9 Å². The predicted octanol–water partition coefficient (Wildman–Crippen LogP) is 4.58. The van der Waals surface area contributed by atoms with Crippen molar-refractivity contribution in [3.8, 4) is 5.75 Å². The Morgan fingerprint density at radius 3 is 1.78 bits per heavy atom. The normalized spacial score (nSPS) is 14.2. The molecule has 2 aromatic carbocycles. The van der Waals surface area contributed by atoms with Gasteiger partial charge in [-0.25, -0.2) is 19.3 Å². The van der Waals surface area contributed by atoms with Crippen LogP contribution in [0.4, 0.5) is 5.69 Å². The van der Waals surface area contributed by atoms with Crippen LogP contribution < -0.4 is 9.64 Å². The Hall–Kier alpha value is -5.25. The van der Waals surface area contributed by atoms with E-state index in [1.54, 1.807) is 36.4 Å². The Morgan fingerprint density at radius 1 is 0.756 bits per heavy atom. The molecule has 0 saturated carbocycles. The molecular weight excluding hydrogens is 530 g/mol. The summed E-state index contributed by atoms with van der Waals surface area (Å²) in [4.78, 5) is 60.7. The lowest BCUT2D eigenvalue weighted by Crippen LogP contribution is -2.29. The molecule has 0 spiro atoms. The molecule has 210 valence electrons. The number of carbonyl (C=O) groups is 5. The fourth-order valence-electron chi connectivity index (χ4n) is 3.84. The minimum Gasteiger partial charge on any atom is -0.494 e. The van der Waals surface area contributed by atoms with Gasteiger partial charge in [-0.15, -0.1) is 0 Å². The standard InChI is InChI=1S/C31H27NO9/c1-2-29(35)39-20-4-3-19-38-24-11-7-22(8-12-24)31(37)41-26-15-13-25(14-16-26)40-30(36)21-5-9-23(10-6-21)32-27(33)17-18-28(32)34/h2,5-13,15,17-18H,1,3-4,14,16,19-20H2. The van der Waals surface area contributed by atoms with Crippen LogP contribution in [-0.4, -0.2) is 42.9 Å². The fraction of sp³-hybridized carbons (Fsp3) is 0.194. The molecule has 41 heavy (non-hydrogen) atoms. The van der Waals surface area contributed by atoms with E-state index in [1.165, 1.54) is 36.4 Å². The predicted molar refractivity (Wildman–Crippen MR) is 147 cm³/mol. The van der Waals surface area contributed by atoms with Crippen molar-refractivity contribution >= 4 is 35.4 Å². The second-order valence-corrected chi connectivity index (χ2v) is 8.89. The second-order valence-electron chi connectivity index (χ2n) is 8.89. The van der Waals surface area contributed by atoms with Crippen molar-refractivity contribution < 1.29 is 42.9 Å². The van der Waals surface area contributed by atoms with Crippen molar-refractivity contribution in [3.05, 3.63) is 108 Å². The van der Waals surface area contributed by atoms with Gasteiger partial charge < -0.3 is 18.9 Å². The first-order valence-corrected chi connectivity index (χ1v) is 12.9. The van der Waals surface area contributed by atoms with Crippen molar-refractivity contribution in [1.82, 2.24) is 0 Å². The highest BCUT2D eigenvalue weighted by atomic mass is 16.5. The third-order valence-corrected chi connectivity index (χ3v) is 6.00. The number of hydrogen-bond acceptors (Lipinski definition) is 9. The highest BCUT2D eigenvalue weighted by Crippen LogP contribution is 2.24. The maximum atomic E-state index is 12.5. The maximum absolute atomic E-state index is 12.5. The molecule has 0 atom stereocenters. The lowest BCUT2D eigenvalue weighted by atomic mass is 10.1. The summed E-state index contributed by atoms with van der Waals surface area (Å²) >= 11 is 0. The molecule has 0 saturated heterocycles. The number of allylic oxidation sites excluding steroid dienone is 4. The summed E-state index contributed by atoms with van der Waals surface area (Å²) in [5.41, 5.74) is 0.965. The molecule has 1 aliphatic heterocycles. The number of benzene rings is 2. The van der Waals surface area contributed by atoms with Crippen molar-refractivity contribution in [2.45, 2.75) is 25.7 Å². The largest absolute Gasteiger partial charge is 0.494 e. The molecule has 2 aromatic rings. The van der Waals surface area contributed by atoms with Crippen molar-refractivity contribution in [2.24, 2.45) is 0 Å². The molecule has 10 heteroatoms. The first-order valence-electron chi connectivity index (χ1n) is 12.9. The SMILES string of the molecule is C=CC(=O)OCCCCOc1ccc(C(=O)OC2=CC=C(OC(=O)c3ccc(N4C(=O)C=CC4=O)cc3)CC2)cc1. The number of hydrogen-bond donors (Lipinski definition) is 0. The van der Waals surface area contributed by atoms with E-state index in [0.29, 0.717) is 67.4 Å². The van der Waals surface area contributed by atoms with Crippen LogP contribution in [-0.2, 0) is 28.6 Å². The van der Waals surface area contributed by atoms with Crippen LogP contribution in [0.25, 0.3) is 0 Å². The molecular formula is C31H27NO9. The molecule has 1 heterocycles. The molecule has 2 aliphatic rings. The number of imide groups is 1. The third-order valence-electron chi connectivity index (χ3n) is 6.00. The van der Waals surface area contributed by atoms with E-state index < -0.39 is 29.7 Å². The van der Waals surface area contributed by atoms with Gasteiger partial charge in [0.15, 0.2) is 0 Å². The lowest BCUT2D eigenvalue weighted by Gasteiger charge is -2.16. The Morgan fingerprint density at radius 2 is 1.27 bits per heavy atom. The zero-order valence-electron chi connectivity index (χ0n) is 22.1. The van der Waals surface area contributed by atoms with Gasteiger partial charge in [0.25, 0.3) is 11.8 Å². The van der Waals surface area contributed by atoms with Gasteiger partial charge in [0.1, 0.15) is 17.3 Å². The molecule has 2 amide bonds. The molecule has 1 aliphatic carbocycles. The van der Waals surface area contributed by atoms with Gasteiger partial charge in [-0.1, -0.05) is 6.58 Å². The first-order chi connectivity index (χ1) is 19.8. The van der Waals surface area contributed by atoms with E-state index >= 15 is 0 Å². The van der Waals surface area contributed by atoms with E-state index in [0.717, 1.165) is 11.0 Å². The number of anilines is 1. The smallest absolute Gasteiger partial charge is 0.343 e. The summed E-state index contributed by atoms with van der Waals surface area (Å²) < 4.78 is 21.4. The topological polar surface area (TPSA) is 126 Å². The molecule has 0 bridgehead atoms. The fourth-order valence-corrected chi connectivity index (χ4v) is 3.84. The van der Waals surface area contributed by atoms with Crippen molar-refractivity contribution in [2.75, 3.05) is 18.1 Å². The highest BCUT2D eigenvalue weighted by molar-refractivity contribution is 6.28. The summed E-state index contributed by atoms with van der Waals surface area (Å²) in [5, 5.41) is 0. The second kappa shape index (κ2) is 13.7. The monoisotopic (exact) mass is 557 g/mol. The average molecular weight is 558 g/mol. The van der Waals surface area contributed by atoms with Crippen LogP contribution in [0.3, 0.4) is 0 Å². The van der Waals surface area contributed by atoms with Crippen LogP contribution in [0.2, 0.25) is 0 Å². The van der Waals surface area contributed by atoms with Crippen LogP contribution >= 0.6 is 0 Å². The lowest BCUT2D eigenvalue weighted by molar-refractivity contribution is -0.137. The maximum Gasteiger partial charge on any atom is 0.343 e. The summed E-state index contributed by atoms with van der Waals surface area (Å²) in [6.45, 7) is 4.07. The number of amides is 2. The van der Waals surface area contributed by atoms with E-state index in [9.17, 15) is 24.0 Å². The van der Waals surface area contributed by atoms with Gasteiger partial charge in [0.2, 0.25) is 0 Å². The minimum atomic E-state index is -0.590. The van der Waals surface area contributed by atoms with Crippen LogP contribution in [0.15, 0.2) is 97.0 Å². The summed E-state index contributed by atoms with van der Waals surface area (Å²) in [6, 6.07) is 12.5. The van der Waals surface area contributed by atoms with Crippen LogP contribution in [0.5, 0.6) is 5.75 Å². The number of ether oxygens (including phenoxy) is 4. The van der Waals surface area contributed by atoms with Crippen LogP contribution in [0.1, 0.15) is 46.4 Å². The van der Waals surface area contributed by atoms with Gasteiger partial charge in [-0.2, -0.15) is 0 Å². The first kappa shape index (κ1) is 28.8. The van der Waals surface area contributed by atoms with E-state index in [-0.39, 0.29) is 5.56 Å². The Bertz CT molecular complexity index is 1410. The quantitative estimate of drug-likeness (QED) is 0.121. The van der Waals surface area contributed by atoms with Crippen molar-refractivity contribution in [1.29, 1.82) is 0 Å². The average Bonchev–Trinajstić information content (AvgIpc) is 3.33. The summed E-state index contributed by atoms with van der Waals surface area (Å²) in [6.07, 6.45) is 8.70. The number of esters is 3. The third kappa shape index (κ3) is 7.89. The Kier molecular flexibility index (Phi) is 9.61. The zero-order chi connectivity index (χ0) is 29.2.